The minimum Gasteiger partial charge on any atom is -0.0623 e. The predicted molar refractivity (Wildman–Crippen MR) is 44.0 cm³/mol. The molecule has 0 saturated carbocycles. The molecule has 0 spiro atoms. The molecular formula is C6H6Cl3Ti. The molecule has 0 atom stereocenters. The van der Waals surface area contributed by atoms with Gasteiger partial charge in [0.2, 0.25) is 0 Å². The maximum Gasteiger partial charge on any atom is -0.0623 e. The van der Waals surface area contributed by atoms with E-state index in [9.17, 15) is 0 Å². The third kappa shape index (κ3) is 11.6. The van der Waals surface area contributed by atoms with E-state index in [1.165, 1.54) is 0 Å². The van der Waals surface area contributed by atoms with Crippen LogP contribution in [-0.4, -0.2) is 0 Å². The van der Waals surface area contributed by atoms with Crippen molar-refractivity contribution in [3.05, 3.63) is 36.4 Å². The summed E-state index contributed by atoms with van der Waals surface area (Å²) in [5.41, 5.74) is 0. The van der Waals surface area contributed by atoms with Crippen LogP contribution < -0.4 is 0 Å². The monoisotopic (exact) mass is 231 g/mol. The SMILES string of the molecule is [Cl][Ti]([Cl])[Cl].c1ccccc1. The van der Waals surface area contributed by atoms with Gasteiger partial charge in [0, 0.05) is 0 Å². The second-order valence-corrected chi connectivity index (χ2v) is 9.11. The molecule has 1 rings (SSSR count). The molecule has 1 aromatic carbocycles. The number of hydrogen-bond acceptors (Lipinski definition) is 0. The van der Waals surface area contributed by atoms with Gasteiger partial charge in [-0.25, -0.2) is 0 Å². The van der Waals surface area contributed by atoms with Gasteiger partial charge in [0.25, 0.3) is 0 Å². The maximum atomic E-state index is 4.97. The van der Waals surface area contributed by atoms with Crippen LogP contribution in [0.15, 0.2) is 36.4 Å². The van der Waals surface area contributed by atoms with Crippen LogP contribution >= 0.6 is 27.9 Å². The van der Waals surface area contributed by atoms with E-state index in [1.807, 2.05) is 36.4 Å². The molecule has 4 heteroatoms. The topological polar surface area (TPSA) is 0 Å². The van der Waals surface area contributed by atoms with Crippen LogP contribution in [0.1, 0.15) is 0 Å². The smallest absolute Gasteiger partial charge is 0.0623 e. The first-order valence-electron chi connectivity index (χ1n) is 2.57. The Balaban J connectivity index is 0.000000180. The Bertz CT molecular complexity index is 113. The van der Waals surface area contributed by atoms with Crippen LogP contribution in [0.25, 0.3) is 0 Å². The molecule has 0 aliphatic rings. The average molecular weight is 232 g/mol. The third-order valence-corrected chi connectivity index (χ3v) is 0.667. The van der Waals surface area contributed by atoms with Crippen molar-refractivity contribution in [1.82, 2.24) is 0 Å². The predicted octanol–water partition coefficient (Wildman–Crippen LogP) is 3.75. The summed E-state index contributed by atoms with van der Waals surface area (Å²) in [6.07, 6.45) is 0. The van der Waals surface area contributed by atoms with Gasteiger partial charge in [-0.05, 0) is 0 Å². The van der Waals surface area contributed by atoms with Crippen LogP contribution in [0.4, 0.5) is 0 Å². The molecule has 0 aliphatic heterocycles. The number of hydrogen-bond donors (Lipinski definition) is 0. The first kappa shape index (κ1) is 10.8. The molecule has 1 aromatic rings. The summed E-state index contributed by atoms with van der Waals surface area (Å²) in [5.74, 6) is 0. The van der Waals surface area contributed by atoms with Crippen molar-refractivity contribution < 1.29 is 14.7 Å². The van der Waals surface area contributed by atoms with Gasteiger partial charge in [-0.1, -0.05) is 36.4 Å². The molecule has 0 N–H and O–H groups in total. The van der Waals surface area contributed by atoms with E-state index >= 15 is 0 Å². The summed E-state index contributed by atoms with van der Waals surface area (Å²) < 4.78 is 0. The van der Waals surface area contributed by atoms with Crippen molar-refractivity contribution >= 4 is 27.9 Å². The van der Waals surface area contributed by atoms with Crippen molar-refractivity contribution in [2.75, 3.05) is 0 Å². The van der Waals surface area contributed by atoms with E-state index in [0.717, 1.165) is 0 Å². The molecule has 10 heavy (non-hydrogen) atoms. The fraction of sp³-hybridized carbons (Fsp3) is 0. The second-order valence-electron chi connectivity index (χ2n) is 1.37. The van der Waals surface area contributed by atoms with E-state index in [1.54, 1.807) is 0 Å². The number of benzene rings is 1. The van der Waals surface area contributed by atoms with E-state index < -0.39 is 14.7 Å². The Kier molecular flexibility index (Phi) is 8.54. The van der Waals surface area contributed by atoms with Crippen molar-refractivity contribution in [3.63, 3.8) is 0 Å². The van der Waals surface area contributed by atoms with E-state index in [-0.39, 0.29) is 0 Å². The minimum absolute atomic E-state index is 1.92. The molecule has 0 radical (unpaired) electrons. The molecule has 0 nitrogen and oxygen atoms in total. The number of rotatable bonds is 0. The third-order valence-electron chi connectivity index (χ3n) is 0.667. The van der Waals surface area contributed by atoms with Crippen molar-refractivity contribution in [1.29, 1.82) is 0 Å². The fourth-order valence-electron chi connectivity index (χ4n) is 0.385. The second kappa shape index (κ2) is 7.91. The van der Waals surface area contributed by atoms with Gasteiger partial charge in [0.15, 0.2) is 0 Å². The fourth-order valence-corrected chi connectivity index (χ4v) is 0.385. The largest absolute Gasteiger partial charge is 0.0623 e. The van der Waals surface area contributed by atoms with Crippen molar-refractivity contribution in [2.45, 2.75) is 0 Å². The maximum absolute atomic E-state index is 4.97. The van der Waals surface area contributed by atoms with Gasteiger partial charge < -0.3 is 0 Å². The molecule has 0 saturated heterocycles. The standard InChI is InChI=1S/C6H6.3ClH.Ti/c1-2-4-6-5-3-1;;;;/h1-6H;3*1H;/q;;;;+3/p-3. The van der Waals surface area contributed by atoms with Crippen LogP contribution in [0.2, 0.25) is 0 Å². The average Bonchev–Trinajstić information content (AvgIpc) is 1.90. The molecule has 0 fully saturated rings. The normalized spacial score (nSPS) is 7.50. The first-order valence-corrected chi connectivity index (χ1v) is 9.01. The number of halogens is 3. The Hall–Kier alpha value is 0.804. The molecule has 0 aromatic heterocycles. The Morgan fingerprint density at radius 1 is 0.600 bits per heavy atom. The van der Waals surface area contributed by atoms with Gasteiger partial charge in [-0.15, -0.1) is 0 Å². The molecule has 0 bridgehead atoms. The van der Waals surface area contributed by atoms with E-state index in [2.05, 4.69) is 0 Å². The first-order chi connectivity index (χ1) is 4.73. The zero-order valence-corrected chi connectivity index (χ0v) is 8.93. The van der Waals surface area contributed by atoms with Gasteiger partial charge in [-0.2, -0.15) is 0 Å². The van der Waals surface area contributed by atoms with E-state index in [0.29, 0.717) is 0 Å². The summed E-state index contributed by atoms with van der Waals surface area (Å²) in [7, 11) is 14.9. The van der Waals surface area contributed by atoms with Crippen LogP contribution in [-0.2, 0) is 14.7 Å². The van der Waals surface area contributed by atoms with Crippen LogP contribution in [0.3, 0.4) is 0 Å². The Morgan fingerprint density at radius 3 is 0.800 bits per heavy atom. The van der Waals surface area contributed by atoms with Gasteiger partial charge in [-0.3, -0.25) is 0 Å². The molecule has 55 valence electrons. The quantitative estimate of drug-likeness (QED) is 0.598. The van der Waals surface area contributed by atoms with E-state index in [4.69, 9.17) is 27.9 Å². The summed E-state index contributed by atoms with van der Waals surface area (Å²) in [5, 5.41) is 0. The van der Waals surface area contributed by atoms with Crippen LogP contribution in [0, 0.1) is 0 Å². The summed E-state index contributed by atoms with van der Waals surface area (Å²) >= 11 is -1.92. The molecule has 0 unspecified atom stereocenters. The minimum atomic E-state index is -1.92. The summed E-state index contributed by atoms with van der Waals surface area (Å²) in [6, 6.07) is 12.0. The van der Waals surface area contributed by atoms with Gasteiger partial charge >= 0.3 is 42.6 Å². The van der Waals surface area contributed by atoms with Crippen LogP contribution in [0.5, 0.6) is 0 Å². The Labute approximate surface area is 78.6 Å². The summed E-state index contributed by atoms with van der Waals surface area (Å²) in [4.78, 5) is 0. The zero-order chi connectivity index (χ0) is 7.82. The van der Waals surface area contributed by atoms with Gasteiger partial charge in [0.1, 0.15) is 0 Å². The zero-order valence-electron chi connectivity index (χ0n) is 5.10. The summed E-state index contributed by atoms with van der Waals surface area (Å²) in [6.45, 7) is 0. The van der Waals surface area contributed by atoms with Gasteiger partial charge in [0.05, 0.1) is 0 Å². The molecular weight excluding hydrogens is 226 g/mol. The molecule has 0 heterocycles. The molecule has 0 amide bonds. The Morgan fingerprint density at radius 2 is 0.700 bits per heavy atom. The molecule has 0 aliphatic carbocycles. The van der Waals surface area contributed by atoms with Crippen molar-refractivity contribution in [2.24, 2.45) is 0 Å². The van der Waals surface area contributed by atoms with Crippen molar-refractivity contribution in [3.8, 4) is 0 Å².